The van der Waals surface area contributed by atoms with Gasteiger partial charge in [-0.05, 0) is 24.3 Å². The van der Waals surface area contributed by atoms with Crippen LogP contribution in [0.15, 0.2) is 66.9 Å². The molecule has 0 aliphatic carbocycles. The summed E-state index contributed by atoms with van der Waals surface area (Å²) in [4.78, 5) is 13.9. The van der Waals surface area contributed by atoms with Crippen molar-refractivity contribution in [2.45, 2.75) is 6.42 Å². The molecule has 0 aliphatic heterocycles. The van der Waals surface area contributed by atoms with E-state index in [0.717, 1.165) is 33.6 Å². The van der Waals surface area contributed by atoms with E-state index in [0.29, 0.717) is 18.0 Å². The minimum atomic E-state index is 0.619. The molecular weight excluding hydrogens is 338 g/mol. The Kier molecular flexibility index (Phi) is 4.66. The van der Waals surface area contributed by atoms with Crippen LogP contribution in [0.25, 0.3) is 22.4 Å². The van der Waals surface area contributed by atoms with Crippen LogP contribution in [0, 0.1) is 0 Å². The number of para-hydroxylation sites is 2. The standard InChI is InChI=1S/C22H19N3O2/c1-26-20-12-5-8-15(21(20)27-2)13-17-9-6-11-19(24-17)22-23-14-16-7-3-4-10-18(16)25-22/h3-12,14H,13H2,1-2H3. The van der Waals surface area contributed by atoms with Crippen LogP contribution in [0.3, 0.4) is 0 Å². The van der Waals surface area contributed by atoms with Gasteiger partial charge in [0.25, 0.3) is 0 Å². The zero-order valence-corrected chi connectivity index (χ0v) is 15.2. The van der Waals surface area contributed by atoms with Crippen LogP contribution in [0.4, 0.5) is 0 Å². The Morgan fingerprint density at radius 1 is 0.815 bits per heavy atom. The fourth-order valence-corrected chi connectivity index (χ4v) is 3.09. The summed E-state index contributed by atoms with van der Waals surface area (Å²) in [5, 5.41) is 1.01. The zero-order chi connectivity index (χ0) is 18.6. The average molecular weight is 357 g/mol. The fourth-order valence-electron chi connectivity index (χ4n) is 3.09. The van der Waals surface area contributed by atoms with Crippen LogP contribution in [0.1, 0.15) is 11.3 Å². The lowest BCUT2D eigenvalue weighted by Crippen LogP contribution is -2.00. The van der Waals surface area contributed by atoms with Gasteiger partial charge in [0.2, 0.25) is 0 Å². The van der Waals surface area contributed by atoms with E-state index in [1.807, 2.05) is 66.9 Å². The fraction of sp³-hybridized carbons (Fsp3) is 0.136. The van der Waals surface area contributed by atoms with Crippen LogP contribution in [0.5, 0.6) is 11.5 Å². The van der Waals surface area contributed by atoms with E-state index in [1.165, 1.54) is 0 Å². The number of hydrogen-bond acceptors (Lipinski definition) is 5. The van der Waals surface area contributed by atoms with E-state index in [-0.39, 0.29) is 0 Å². The van der Waals surface area contributed by atoms with Gasteiger partial charge < -0.3 is 9.47 Å². The maximum Gasteiger partial charge on any atom is 0.178 e. The first-order valence-electron chi connectivity index (χ1n) is 8.66. The first-order chi connectivity index (χ1) is 13.3. The third-order valence-electron chi connectivity index (χ3n) is 4.38. The van der Waals surface area contributed by atoms with Gasteiger partial charge in [-0.1, -0.05) is 36.4 Å². The van der Waals surface area contributed by atoms with Crippen molar-refractivity contribution in [3.8, 4) is 23.0 Å². The van der Waals surface area contributed by atoms with Gasteiger partial charge in [-0.3, -0.25) is 0 Å². The monoisotopic (exact) mass is 357 g/mol. The van der Waals surface area contributed by atoms with E-state index < -0.39 is 0 Å². The van der Waals surface area contributed by atoms with Gasteiger partial charge in [-0.15, -0.1) is 0 Å². The second kappa shape index (κ2) is 7.41. The highest BCUT2D eigenvalue weighted by Gasteiger charge is 2.12. The summed E-state index contributed by atoms with van der Waals surface area (Å²) in [6, 6.07) is 19.7. The molecule has 0 N–H and O–H groups in total. The largest absolute Gasteiger partial charge is 0.493 e. The van der Waals surface area contributed by atoms with E-state index in [9.17, 15) is 0 Å². The lowest BCUT2D eigenvalue weighted by atomic mass is 10.1. The molecule has 0 aliphatic rings. The molecular formula is C22H19N3O2. The molecule has 0 unspecified atom stereocenters. The molecule has 2 aromatic heterocycles. The molecule has 2 aromatic carbocycles. The topological polar surface area (TPSA) is 57.1 Å². The SMILES string of the molecule is COc1cccc(Cc2cccc(-c3ncc4ccccc4n3)n2)c1OC. The van der Waals surface area contributed by atoms with Crippen LogP contribution in [0.2, 0.25) is 0 Å². The Hall–Kier alpha value is -3.47. The average Bonchev–Trinajstić information content (AvgIpc) is 2.73. The minimum absolute atomic E-state index is 0.619. The van der Waals surface area contributed by atoms with Crippen LogP contribution in [-0.2, 0) is 6.42 Å². The van der Waals surface area contributed by atoms with Crippen molar-refractivity contribution in [1.29, 1.82) is 0 Å². The maximum atomic E-state index is 5.53. The third-order valence-corrected chi connectivity index (χ3v) is 4.38. The molecule has 0 radical (unpaired) electrons. The molecule has 5 nitrogen and oxygen atoms in total. The molecule has 0 bridgehead atoms. The van der Waals surface area contributed by atoms with Gasteiger partial charge in [0, 0.05) is 29.3 Å². The van der Waals surface area contributed by atoms with E-state index >= 15 is 0 Å². The second-order valence-electron chi connectivity index (χ2n) is 6.10. The molecule has 134 valence electrons. The summed E-state index contributed by atoms with van der Waals surface area (Å²) in [6.07, 6.45) is 2.46. The number of ether oxygens (including phenoxy) is 2. The Balaban J connectivity index is 1.68. The predicted octanol–water partition coefficient (Wildman–Crippen LogP) is 4.30. The summed E-state index contributed by atoms with van der Waals surface area (Å²) in [5.41, 5.74) is 3.58. The molecule has 0 amide bonds. The highest BCUT2D eigenvalue weighted by atomic mass is 16.5. The predicted molar refractivity (Wildman–Crippen MR) is 105 cm³/mol. The molecule has 0 saturated carbocycles. The normalized spacial score (nSPS) is 10.7. The minimum Gasteiger partial charge on any atom is -0.493 e. The highest BCUT2D eigenvalue weighted by Crippen LogP contribution is 2.32. The second-order valence-corrected chi connectivity index (χ2v) is 6.10. The van der Waals surface area contributed by atoms with Gasteiger partial charge in [-0.2, -0.15) is 0 Å². The lowest BCUT2D eigenvalue weighted by Gasteiger charge is -2.12. The van der Waals surface area contributed by atoms with Crippen molar-refractivity contribution in [2.75, 3.05) is 14.2 Å². The Bertz CT molecular complexity index is 1100. The summed E-state index contributed by atoms with van der Waals surface area (Å²) < 4.78 is 10.9. The zero-order valence-electron chi connectivity index (χ0n) is 15.2. The van der Waals surface area contributed by atoms with Crippen molar-refractivity contribution in [3.05, 3.63) is 78.1 Å². The van der Waals surface area contributed by atoms with Crippen molar-refractivity contribution < 1.29 is 9.47 Å². The third kappa shape index (κ3) is 3.44. The smallest absolute Gasteiger partial charge is 0.178 e. The number of pyridine rings is 1. The van der Waals surface area contributed by atoms with Crippen molar-refractivity contribution in [2.24, 2.45) is 0 Å². The molecule has 0 spiro atoms. The van der Waals surface area contributed by atoms with Crippen LogP contribution >= 0.6 is 0 Å². The van der Waals surface area contributed by atoms with Gasteiger partial charge in [0.15, 0.2) is 17.3 Å². The number of methoxy groups -OCH3 is 2. The Morgan fingerprint density at radius 3 is 2.52 bits per heavy atom. The Labute approximate surface area is 157 Å². The van der Waals surface area contributed by atoms with Crippen molar-refractivity contribution in [3.63, 3.8) is 0 Å². The van der Waals surface area contributed by atoms with Gasteiger partial charge in [0.1, 0.15) is 5.69 Å². The quantitative estimate of drug-likeness (QED) is 0.533. The van der Waals surface area contributed by atoms with Gasteiger partial charge in [0.05, 0.1) is 19.7 Å². The van der Waals surface area contributed by atoms with E-state index in [2.05, 4.69) is 9.97 Å². The molecule has 27 heavy (non-hydrogen) atoms. The number of hydrogen-bond donors (Lipinski definition) is 0. The van der Waals surface area contributed by atoms with Crippen LogP contribution in [-0.4, -0.2) is 29.2 Å². The summed E-state index contributed by atoms with van der Waals surface area (Å²) in [6.45, 7) is 0. The van der Waals surface area contributed by atoms with E-state index in [4.69, 9.17) is 14.5 Å². The van der Waals surface area contributed by atoms with E-state index in [1.54, 1.807) is 14.2 Å². The van der Waals surface area contributed by atoms with Gasteiger partial charge in [-0.25, -0.2) is 15.0 Å². The molecule has 4 aromatic rings. The number of aromatic nitrogens is 3. The lowest BCUT2D eigenvalue weighted by molar-refractivity contribution is 0.352. The number of benzene rings is 2. The molecule has 2 heterocycles. The Morgan fingerprint density at radius 2 is 1.67 bits per heavy atom. The molecule has 4 rings (SSSR count). The molecule has 0 fully saturated rings. The molecule has 5 heteroatoms. The molecule has 0 saturated heterocycles. The van der Waals surface area contributed by atoms with Crippen LogP contribution < -0.4 is 9.47 Å². The number of nitrogens with zero attached hydrogens (tertiary/aromatic N) is 3. The van der Waals surface area contributed by atoms with Gasteiger partial charge >= 0.3 is 0 Å². The number of rotatable bonds is 5. The number of fused-ring (bicyclic) bond motifs is 1. The summed E-state index contributed by atoms with van der Waals surface area (Å²) in [7, 11) is 3.28. The maximum absolute atomic E-state index is 5.53. The van der Waals surface area contributed by atoms with Crippen molar-refractivity contribution in [1.82, 2.24) is 15.0 Å². The summed E-state index contributed by atoms with van der Waals surface area (Å²) in [5.74, 6) is 2.06. The first kappa shape index (κ1) is 17.0. The first-order valence-corrected chi connectivity index (χ1v) is 8.66. The highest BCUT2D eigenvalue weighted by molar-refractivity contribution is 5.79. The van der Waals surface area contributed by atoms with Crippen molar-refractivity contribution >= 4 is 10.9 Å². The molecule has 0 atom stereocenters. The summed E-state index contributed by atoms with van der Waals surface area (Å²) >= 11 is 0.